The number of methoxy groups -OCH3 is 1. The first-order valence-corrected chi connectivity index (χ1v) is 12.0. The van der Waals surface area contributed by atoms with Crippen LogP contribution in [0.1, 0.15) is 34.3 Å². The first kappa shape index (κ1) is 21.5. The van der Waals surface area contributed by atoms with Crippen molar-refractivity contribution < 1.29 is 14.3 Å². The van der Waals surface area contributed by atoms with Gasteiger partial charge < -0.3 is 14.4 Å². The van der Waals surface area contributed by atoms with Crippen molar-refractivity contribution in [2.45, 2.75) is 25.8 Å². The smallest absolute Gasteiger partial charge is 0.254 e. The van der Waals surface area contributed by atoms with E-state index in [1.165, 1.54) is 18.4 Å². The van der Waals surface area contributed by atoms with Crippen molar-refractivity contribution >= 4 is 5.91 Å². The molecule has 0 unspecified atom stereocenters. The van der Waals surface area contributed by atoms with Gasteiger partial charge >= 0.3 is 0 Å². The first-order valence-electron chi connectivity index (χ1n) is 12.0. The molecule has 0 aromatic heterocycles. The number of amides is 1. The number of ether oxygens (including phenoxy) is 2. The summed E-state index contributed by atoms with van der Waals surface area (Å²) in [6, 6.07) is 16.6. The summed E-state index contributed by atoms with van der Waals surface area (Å²) in [4.78, 5) is 18.1. The molecule has 3 aliphatic rings. The Balaban J connectivity index is 1.26. The molecule has 170 valence electrons. The number of rotatable bonds is 6. The Morgan fingerprint density at radius 3 is 2.75 bits per heavy atom. The zero-order chi connectivity index (χ0) is 21.9. The molecule has 1 saturated carbocycles. The Bertz CT molecular complexity index is 940. The van der Waals surface area contributed by atoms with E-state index in [4.69, 9.17) is 9.47 Å². The van der Waals surface area contributed by atoms with Gasteiger partial charge in [-0.3, -0.25) is 9.69 Å². The molecule has 32 heavy (non-hydrogen) atoms. The summed E-state index contributed by atoms with van der Waals surface area (Å²) in [5.41, 5.74) is 3.36. The summed E-state index contributed by atoms with van der Waals surface area (Å²) >= 11 is 0. The second-order valence-electron chi connectivity index (χ2n) is 9.57. The van der Waals surface area contributed by atoms with Crippen LogP contribution in [-0.4, -0.2) is 62.2 Å². The lowest BCUT2D eigenvalue weighted by Gasteiger charge is -2.28. The molecule has 2 aliphatic heterocycles. The van der Waals surface area contributed by atoms with Crippen molar-refractivity contribution in [3.63, 3.8) is 0 Å². The maximum absolute atomic E-state index is 13.6. The van der Waals surface area contributed by atoms with Crippen LogP contribution >= 0.6 is 0 Å². The molecule has 3 atom stereocenters. The van der Waals surface area contributed by atoms with E-state index >= 15 is 0 Å². The molecule has 0 bridgehead atoms. The molecule has 0 radical (unpaired) electrons. The Morgan fingerprint density at radius 2 is 1.91 bits per heavy atom. The molecule has 3 fully saturated rings. The number of nitrogens with zero attached hydrogens (tertiary/aromatic N) is 2. The van der Waals surface area contributed by atoms with Crippen molar-refractivity contribution in [1.29, 1.82) is 0 Å². The number of carbonyl (C=O) groups excluding carboxylic acids is 1. The third-order valence-corrected chi connectivity index (χ3v) is 7.67. The van der Waals surface area contributed by atoms with Crippen molar-refractivity contribution in [2.24, 2.45) is 17.8 Å². The van der Waals surface area contributed by atoms with Crippen LogP contribution in [0, 0.1) is 17.8 Å². The number of fused-ring (bicyclic) bond motifs is 1. The van der Waals surface area contributed by atoms with Crippen molar-refractivity contribution in [3.05, 3.63) is 65.2 Å². The van der Waals surface area contributed by atoms with Gasteiger partial charge in [0.2, 0.25) is 0 Å². The quantitative estimate of drug-likeness (QED) is 0.692. The topological polar surface area (TPSA) is 42.0 Å². The normalized spacial score (nSPS) is 25.7. The van der Waals surface area contributed by atoms with Gasteiger partial charge in [-0.2, -0.15) is 0 Å². The van der Waals surface area contributed by atoms with E-state index in [1.54, 1.807) is 7.11 Å². The largest absolute Gasteiger partial charge is 0.497 e. The molecule has 2 saturated heterocycles. The first-order chi connectivity index (χ1) is 15.7. The van der Waals surface area contributed by atoms with Gasteiger partial charge in [-0.05, 0) is 66.3 Å². The molecular weight excluding hydrogens is 400 g/mol. The average Bonchev–Trinajstić information content (AvgIpc) is 3.42. The third kappa shape index (κ3) is 4.55. The fourth-order valence-corrected chi connectivity index (χ4v) is 5.94. The number of benzene rings is 2. The van der Waals surface area contributed by atoms with E-state index in [0.717, 1.165) is 69.2 Å². The van der Waals surface area contributed by atoms with Crippen molar-refractivity contribution in [3.8, 4) is 5.75 Å². The molecule has 0 spiro atoms. The minimum Gasteiger partial charge on any atom is -0.497 e. The summed E-state index contributed by atoms with van der Waals surface area (Å²) in [7, 11) is 1.72. The van der Waals surface area contributed by atoms with Crippen LogP contribution in [0.25, 0.3) is 0 Å². The molecule has 5 rings (SSSR count). The van der Waals surface area contributed by atoms with Crippen LogP contribution in [0.15, 0.2) is 48.5 Å². The van der Waals surface area contributed by atoms with E-state index in [1.807, 2.05) is 18.2 Å². The van der Waals surface area contributed by atoms with Crippen LogP contribution < -0.4 is 4.74 Å². The predicted molar refractivity (Wildman–Crippen MR) is 125 cm³/mol. The van der Waals surface area contributed by atoms with Gasteiger partial charge in [0.15, 0.2) is 0 Å². The number of morpholine rings is 1. The highest BCUT2D eigenvalue weighted by molar-refractivity contribution is 5.96. The maximum Gasteiger partial charge on any atom is 0.254 e. The zero-order valence-electron chi connectivity index (χ0n) is 19.0. The number of hydrogen-bond acceptors (Lipinski definition) is 4. The molecular formula is C27H34N2O3. The molecule has 1 aliphatic carbocycles. The summed E-state index contributed by atoms with van der Waals surface area (Å²) < 4.78 is 10.9. The molecule has 2 aromatic rings. The number of likely N-dealkylation sites (tertiary alicyclic amines) is 1. The van der Waals surface area contributed by atoms with Crippen LogP contribution in [0.4, 0.5) is 0 Å². The van der Waals surface area contributed by atoms with Gasteiger partial charge in [0.1, 0.15) is 5.75 Å². The minimum absolute atomic E-state index is 0.211. The Morgan fingerprint density at radius 1 is 1.06 bits per heavy atom. The van der Waals surface area contributed by atoms with E-state index in [2.05, 4.69) is 40.1 Å². The molecule has 0 N–H and O–H groups in total. The summed E-state index contributed by atoms with van der Waals surface area (Å²) in [6.07, 6.45) is 3.58. The summed E-state index contributed by atoms with van der Waals surface area (Å²) in [6.45, 7) is 6.05. The zero-order valence-corrected chi connectivity index (χ0v) is 19.0. The summed E-state index contributed by atoms with van der Waals surface area (Å²) in [5, 5.41) is 0. The van der Waals surface area contributed by atoms with Gasteiger partial charge in [-0.1, -0.05) is 30.3 Å². The van der Waals surface area contributed by atoms with E-state index in [-0.39, 0.29) is 5.91 Å². The van der Waals surface area contributed by atoms with Gasteiger partial charge in [-0.15, -0.1) is 0 Å². The van der Waals surface area contributed by atoms with Crippen molar-refractivity contribution in [2.75, 3.05) is 46.5 Å². The van der Waals surface area contributed by atoms with E-state index in [9.17, 15) is 4.79 Å². The van der Waals surface area contributed by atoms with Crippen LogP contribution in [0.5, 0.6) is 5.75 Å². The standard InChI is InChI=1S/C27H34N2O3/c1-31-24-7-4-5-20(16-24)15-21-9-10-23-18-29(19-26(21)23)27(30)25-8-3-2-6-22(25)17-28-11-13-32-14-12-28/h2-8,16,21,23,26H,9-15,17-19H2,1H3/t21-,23-,26-/m1/s1. The van der Waals surface area contributed by atoms with Gasteiger partial charge in [0.05, 0.1) is 20.3 Å². The average molecular weight is 435 g/mol. The second kappa shape index (κ2) is 9.63. The number of carbonyl (C=O) groups is 1. The highest BCUT2D eigenvalue weighted by atomic mass is 16.5. The lowest BCUT2D eigenvalue weighted by Crippen LogP contribution is -2.37. The fraction of sp³-hybridized carbons (Fsp3) is 0.519. The third-order valence-electron chi connectivity index (χ3n) is 7.67. The summed E-state index contributed by atoms with van der Waals surface area (Å²) in [5.74, 6) is 3.03. The molecule has 5 nitrogen and oxygen atoms in total. The SMILES string of the molecule is COc1cccc(C[C@H]2CC[C@@H]3CN(C(=O)c4ccccc4CN4CCOCC4)C[C@H]23)c1. The van der Waals surface area contributed by atoms with Crippen LogP contribution in [-0.2, 0) is 17.7 Å². The highest BCUT2D eigenvalue weighted by Gasteiger charge is 2.44. The predicted octanol–water partition coefficient (Wildman–Crippen LogP) is 3.87. The van der Waals surface area contributed by atoms with Gasteiger partial charge in [0.25, 0.3) is 5.91 Å². The molecule has 1 amide bonds. The lowest BCUT2D eigenvalue weighted by molar-refractivity contribution is 0.0340. The molecule has 2 heterocycles. The lowest BCUT2D eigenvalue weighted by atomic mass is 9.87. The highest BCUT2D eigenvalue weighted by Crippen LogP contribution is 2.44. The molecule has 5 heteroatoms. The monoisotopic (exact) mass is 434 g/mol. The van der Waals surface area contributed by atoms with Crippen molar-refractivity contribution in [1.82, 2.24) is 9.80 Å². The van der Waals surface area contributed by atoms with E-state index < -0.39 is 0 Å². The van der Waals surface area contributed by atoms with Gasteiger partial charge in [0, 0.05) is 38.3 Å². The molecule has 2 aromatic carbocycles. The number of hydrogen-bond donors (Lipinski definition) is 0. The van der Waals surface area contributed by atoms with E-state index in [0.29, 0.717) is 17.8 Å². The van der Waals surface area contributed by atoms with Gasteiger partial charge in [-0.25, -0.2) is 0 Å². The minimum atomic E-state index is 0.211. The van der Waals surface area contributed by atoms with Crippen LogP contribution in [0.2, 0.25) is 0 Å². The maximum atomic E-state index is 13.6. The Kier molecular flexibility index (Phi) is 6.47. The van der Waals surface area contributed by atoms with Crippen LogP contribution in [0.3, 0.4) is 0 Å². The Labute approximate surface area is 191 Å². The second-order valence-corrected chi connectivity index (χ2v) is 9.57. The Hall–Kier alpha value is -2.37. The fourth-order valence-electron chi connectivity index (χ4n) is 5.94.